The van der Waals surface area contributed by atoms with Crippen molar-refractivity contribution in [2.24, 2.45) is 17.2 Å². The summed E-state index contributed by atoms with van der Waals surface area (Å²) in [5.41, 5.74) is 14.9. The topological polar surface area (TPSA) is 87.3 Å². The lowest BCUT2D eigenvalue weighted by Gasteiger charge is -2.07. The molecule has 0 atom stereocenters. The van der Waals surface area contributed by atoms with E-state index in [1.807, 2.05) is 0 Å². The Morgan fingerprint density at radius 1 is 1.00 bits per heavy atom. The van der Waals surface area contributed by atoms with Gasteiger partial charge in [0.05, 0.1) is 5.66 Å². The molecular formula is C13H36BN3O. The van der Waals surface area contributed by atoms with Crippen molar-refractivity contribution in [3.8, 4) is 0 Å². The number of rotatable bonds is 6. The highest BCUT2D eigenvalue weighted by molar-refractivity contribution is 6.58. The molecular weight excluding hydrogens is 225 g/mol. The Labute approximate surface area is 115 Å². The smallest absolute Gasteiger partial charge is 0.139 e. The van der Waals surface area contributed by atoms with E-state index < -0.39 is 5.66 Å². The minimum atomic E-state index is -0.500. The molecule has 0 aromatic heterocycles. The molecule has 0 aliphatic heterocycles. The quantitative estimate of drug-likeness (QED) is 0.388. The summed E-state index contributed by atoms with van der Waals surface area (Å²) in [5.74, 6) is 0. The first kappa shape index (κ1) is 23.0. The van der Waals surface area contributed by atoms with E-state index in [0.29, 0.717) is 0 Å². The van der Waals surface area contributed by atoms with E-state index in [1.165, 1.54) is 19.0 Å². The molecule has 0 heterocycles. The zero-order valence-corrected chi connectivity index (χ0v) is 13.5. The molecule has 112 valence electrons. The number of hydrogen-bond acceptors (Lipinski definition) is 4. The van der Waals surface area contributed by atoms with Crippen LogP contribution in [0.25, 0.3) is 0 Å². The third-order valence-electron chi connectivity index (χ3n) is 2.28. The van der Waals surface area contributed by atoms with Crippen LogP contribution in [-0.4, -0.2) is 32.6 Å². The first-order valence-electron chi connectivity index (χ1n) is 7.03. The predicted octanol–water partition coefficient (Wildman–Crippen LogP) is 2.16. The first-order chi connectivity index (χ1) is 8.26. The van der Waals surface area contributed by atoms with E-state index in [0.717, 1.165) is 26.3 Å². The van der Waals surface area contributed by atoms with Crippen molar-refractivity contribution in [3.05, 3.63) is 0 Å². The highest BCUT2D eigenvalue weighted by Gasteiger charge is 2.01. The Hall–Kier alpha value is -0.0951. The second kappa shape index (κ2) is 16.9. The molecule has 0 amide bonds. The number of nitrogens with two attached hydrogens (primary N) is 3. The Morgan fingerprint density at radius 2 is 1.33 bits per heavy atom. The van der Waals surface area contributed by atoms with Gasteiger partial charge in [-0.25, -0.2) is 0 Å². The van der Waals surface area contributed by atoms with Crippen molar-refractivity contribution in [3.63, 3.8) is 0 Å². The van der Waals surface area contributed by atoms with Crippen molar-refractivity contribution in [1.82, 2.24) is 0 Å². The van der Waals surface area contributed by atoms with Crippen molar-refractivity contribution >= 4 is 6.71 Å². The molecule has 0 saturated heterocycles. The zero-order chi connectivity index (χ0) is 15.0. The van der Waals surface area contributed by atoms with Gasteiger partial charge in [-0.15, -0.1) is 0 Å². The lowest BCUT2D eigenvalue weighted by molar-refractivity contribution is 0.197. The van der Waals surface area contributed by atoms with Crippen LogP contribution < -0.4 is 17.2 Å². The van der Waals surface area contributed by atoms with Gasteiger partial charge in [-0.3, -0.25) is 0 Å². The Morgan fingerprint density at radius 3 is 1.39 bits per heavy atom. The van der Waals surface area contributed by atoms with E-state index in [-0.39, 0.29) is 0 Å². The van der Waals surface area contributed by atoms with Crippen molar-refractivity contribution in [2.75, 3.05) is 20.3 Å². The lowest BCUT2D eigenvalue weighted by atomic mass is 9.44. The number of ether oxygens (including phenoxy) is 1. The molecule has 0 aliphatic rings. The summed E-state index contributed by atoms with van der Waals surface area (Å²) >= 11 is 0. The van der Waals surface area contributed by atoms with Gasteiger partial charge in [0.25, 0.3) is 0 Å². The molecule has 0 radical (unpaired) electrons. The van der Waals surface area contributed by atoms with Gasteiger partial charge in [0, 0.05) is 13.7 Å². The maximum atomic E-state index is 5.13. The molecule has 6 N–H and O–H groups in total. The van der Waals surface area contributed by atoms with Gasteiger partial charge >= 0.3 is 0 Å². The van der Waals surface area contributed by atoms with Gasteiger partial charge in [-0.05, 0) is 26.8 Å². The normalized spacial score (nSPS) is 9.83. The predicted molar refractivity (Wildman–Crippen MR) is 85.2 cm³/mol. The SMILES string of the molecule is CC(C)(N)N.CCB(CC)CC.COCCCN. The van der Waals surface area contributed by atoms with Crippen LogP contribution in [0.3, 0.4) is 0 Å². The fourth-order valence-electron chi connectivity index (χ4n) is 1.09. The highest BCUT2D eigenvalue weighted by atomic mass is 16.5. The molecule has 0 aromatic rings. The minimum Gasteiger partial charge on any atom is -0.385 e. The molecule has 5 heteroatoms. The van der Waals surface area contributed by atoms with Gasteiger partial charge in [0.15, 0.2) is 0 Å². The van der Waals surface area contributed by atoms with E-state index >= 15 is 0 Å². The maximum Gasteiger partial charge on any atom is 0.139 e. The second-order valence-corrected chi connectivity index (χ2v) is 5.05. The lowest BCUT2D eigenvalue weighted by Crippen LogP contribution is -2.42. The van der Waals surface area contributed by atoms with Crippen molar-refractivity contribution < 1.29 is 4.74 Å². The fraction of sp³-hybridized carbons (Fsp3) is 1.00. The van der Waals surface area contributed by atoms with Crippen LogP contribution in [0.2, 0.25) is 19.0 Å². The van der Waals surface area contributed by atoms with Gasteiger partial charge in [0.2, 0.25) is 0 Å². The summed E-state index contributed by atoms with van der Waals surface area (Å²) in [4.78, 5) is 0. The third-order valence-corrected chi connectivity index (χ3v) is 2.28. The average molecular weight is 261 g/mol. The largest absolute Gasteiger partial charge is 0.385 e. The van der Waals surface area contributed by atoms with Crippen LogP contribution in [-0.2, 0) is 4.74 Å². The van der Waals surface area contributed by atoms with Crippen LogP contribution in [0.1, 0.15) is 41.0 Å². The van der Waals surface area contributed by atoms with Gasteiger partial charge in [-0.2, -0.15) is 0 Å². The van der Waals surface area contributed by atoms with Crippen LogP contribution in [0.15, 0.2) is 0 Å². The molecule has 0 spiro atoms. The molecule has 0 unspecified atom stereocenters. The van der Waals surface area contributed by atoms with Crippen molar-refractivity contribution in [2.45, 2.75) is 65.7 Å². The average Bonchev–Trinajstić information content (AvgIpc) is 2.27. The monoisotopic (exact) mass is 261 g/mol. The molecule has 4 nitrogen and oxygen atoms in total. The van der Waals surface area contributed by atoms with Crippen LogP contribution in [0.5, 0.6) is 0 Å². The fourth-order valence-corrected chi connectivity index (χ4v) is 1.09. The van der Waals surface area contributed by atoms with E-state index in [1.54, 1.807) is 21.0 Å². The molecule has 0 aromatic carbocycles. The highest BCUT2D eigenvalue weighted by Crippen LogP contribution is 2.01. The molecule has 0 aliphatic carbocycles. The van der Waals surface area contributed by atoms with Crippen LogP contribution in [0, 0.1) is 0 Å². The molecule has 0 bridgehead atoms. The second-order valence-electron chi connectivity index (χ2n) is 5.05. The Bertz CT molecular complexity index is 121. The van der Waals surface area contributed by atoms with E-state index in [2.05, 4.69) is 20.8 Å². The Balaban J connectivity index is -0.000000190. The summed E-state index contributed by atoms with van der Waals surface area (Å²) in [6.07, 6.45) is 5.03. The Kier molecular flexibility index (Phi) is 21.6. The van der Waals surface area contributed by atoms with Gasteiger partial charge in [-0.1, -0.05) is 39.7 Å². The zero-order valence-electron chi connectivity index (χ0n) is 13.5. The van der Waals surface area contributed by atoms with Gasteiger partial charge in [0.1, 0.15) is 6.71 Å². The van der Waals surface area contributed by atoms with Crippen LogP contribution in [0.4, 0.5) is 0 Å². The van der Waals surface area contributed by atoms with Crippen molar-refractivity contribution in [1.29, 1.82) is 0 Å². The van der Waals surface area contributed by atoms with Crippen LogP contribution >= 0.6 is 0 Å². The molecule has 0 fully saturated rings. The standard InChI is InChI=1S/C6H15B.C4H11NO.C3H10N2/c1-4-7(5-2)6-3;1-6-4-2-3-5;1-3(2,4)5/h4-6H2,1-3H3;2-5H2,1H3;4-5H2,1-2H3. The van der Waals surface area contributed by atoms with E-state index in [9.17, 15) is 0 Å². The minimum absolute atomic E-state index is 0.500. The summed E-state index contributed by atoms with van der Waals surface area (Å²) in [6, 6.07) is 0. The maximum absolute atomic E-state index is 5.13. The summed E-state index contributed by atoms with van der Waals surface area (Å²) in [6.45, 7) is 12.8. The van der Waals surface area contributed by atoms with E-state index in [4.69, 9.17) is 21.9 Å². The number of hydrogen-bond donors (Lipinski definition) is 3. The summed E-state index contributed by atoms with van der Waals surface area (Å²) in [5, 5.41) is 0. The summed E-state index contributed by atoms with van der Waals surface area (Å²) < 4.78 is 4.70. The molecule has 0 saturated carbocycles. The third kappa shape index (κ3) is 44.6. The number of methoxy groups -OCH3 is 1. The van der Waals surface area contributed by atoms with Gasteiger partial charge < -0.3 is 21.9 Å². The molecule has 18 heavy (non-hydrogen) atoms. The molecule has 0 rings (SSSR count). The first-order valence-corrected chi connectivity index (χ1v) is 7.03. The summed E-state index contributed by atoms with van der Waals surface area (Å²) in [7, 11) is 1.68.